The molecule has 0 aliphatic rings. The van der Waals surface area contributed by atoms with Crippen LogP contribution in [0.15, 0.2) is 41.1 Å². The molecule has 7 heteroatoms. The van der Waals surface area contributed by atoms with E-state index in [9.17, 15) is 4.79 Å². The van der Waals surface area contributed by atoms with Crippen LogP contribution in [0.4, 0.5) is 0 Å². The van der Waals surface area contributed by atoms with Crippen molar-refractivity contribution < 1.29 is 14.1 Å². The molecule has 0 aliphatic carbocycles. The molecular formula is C18H20N4O3. The van der Waals surface area contributed by atoms with Crippen molar-refractivity contribution in [1.82, 2.24) is 20.7 Å². The molecule has 0 atom stereocenters. The number of methoxy groups -OCH3 is 1. The lowest BCUT2D eigenvalue weighted by Crippen LogP contribution is -2.22. The summed E-state index contributed by atoms with van der Waals surface area (Å²) in [5.41, 5.74) is 2.84. The van der Waals surface area contributed by atoms with Gasteiger partial charge in [0.2, 0.25) is 0 Å². The minimum Gasteiger partial charge on any atom is -0.497 e. The first kappa shape index (κ1) is 16.8. The van der Waals surface area contributed by atoms with Gasteiger partial charge in [0.1, 0.15) is 5.75 Å². The second kappa shape index (κ2) is 7.21. The predicted molar refractivity (Wildman–Crippen MR) is 92.3 cm³/mol. The second-order valence-electron chi connectivity index (χ2n) is 5.94. The Balaban J connectivity index is 1.71. The Morgan fingerprint density at radius 3 is 2.72 bits per heavy atom. The van der Waals surface area contributed by atoms with Crippen molar-refractivity contribution in [3.63, 3.8) is 0 Å². The van der Waals surface area contributed by atoms with Crippen LogP contribution in [-0.2, 0) is 6.54 Å². The molecular weight excluding hydrogens is 320 g/mol. The number of carbonyl (C=O) groups excluding carboxylic acids is 1. The van der Waals surface area contributed by atoms with Crippen molar-refractivity contribution in [1.29, 1.82) is 0 Å². The van der Waals surface area contributed by atoms with Crippen LogP contribution in [0.2, 0.25) is 0 Å². The Hall–Kier alpha value is -3.09. The highest BCUT2D eigenvalue weighted by molar-refractivity contribution is 5.99. The van der Waals surface area contributed by atoms with Crippen LogP contribution < -0.4 is 10.1 Å². The number of nitrogens with one attached hydrogen (secondary N) is 2. The fourth-order valence-electron chi connectivity index (χ4n) is 2.38. The van der Waals surface area contributed by atoms with Gasteiger partial charge in [0, 0.05) is 11.6 Å². The van der Waals surface area contributed by atoms with Gasteiger partial charge in [-0.2, -0.15) is 5.10 Å². The molecule has 0 saturated carbocycles. The van der Waals surface area contributed by atoms with E-state index in [1.807, 2.05) is 44.2 Å². The molecule has 0 spiro atoms. The fraction of sp³-hybridized carbons (Fsp3) is 0.278. The monoisotopic (exact) mass is 340 g/mol. The molecule has 2 aromatic heterocycles. The highest BCUT2D eigenvalue weighted by Gasteiger charge is 2.16. The van der Waals surface area contributed by atoms with Gasteiger partial charge in [-0.3, -0.25) is 9.89 Å². The lowest BCUT2D eigenvalue weighted by molar-refractivity contribution is 0.0947. The molecule has 0 bridgehead atoms. The Kier molecular flexibility index (Phi) is 4.83. The number of hydrogen-bond donors (Lipinski definition) is 2. The van der Waals surface area contributed by atoms with E-state index >= 15 is 0 Å². The maximum absolute atomic E-state index is 12.5. The lowest BCUT2D eigenvalue weighted by Gasteiger charge is -2.05. The van der Waals surface area contributed by atoms with Crippen molar-refractivity contribution in [2.24, 2.45) is 0 Å². The van der Waals surface area contributed by atoms with E-state index in [-0.39, 0.29) is 18.4 Å². The van der Waals surface area contributed by atoms with E-state index < -0.39 is 0 Å². The third kappa shape index (κ3) is 3.71. The topological polar surface area (TPSA) is 93.0 Å². The summed E-state index contributed by atoms with van der Waals surface area (Å²) in [5, 5.41) is 13.7. The molecule has 2 heterocycles. The summed E-state index contributed by atoms with van der Waals surface area (Å²) in [5.74, 6) is 1.41. The van der Waals surface area contributed by atoms with Gasteiger partial charge in [-0.25, -0.2) is 0 Å². The normalized spacial score (nSPS) is 10.9. The fourth-order valence-corrected chi connectivity index (χ4v) is 2.38. The number of rotatable bonds is 6. The Bertz CT molecular complexity index is 849. The number of ether oxygens (including phenoxy) is 1. The molecule has 25 heavy (non-hydrogen) atoms. The van der Waals surface area contributed by atoms with Crippen molar-refractivity contribution in [2.75, 3.05) is 7.11 Å². The molecule has 1 amide bonds. The summed E-state index contributed by atoms with van der Waals surface area (Å²) >= 11 is 0. The molecule has 2 N–H and O–H groups in total. The average molecular weight is 340 g/mol. The van der Waals surface area contributed by atoms with E-state index in [2.05, 4.69) is 20.7 Å². The van der Waals surface area contributed by atoms with Crippen LogP contribution in [0.3, 0.4) is 0 Å². The minimum atomic E-state index is -0.234. The maximum atomic E-state index is 12.5. The second-order valence-corrected chi connectivity index (χ2v) is 5.94. The summed E-state index contributed by atoms with van der Waals surface area (Å²) in [6, 6.07) is 9.26. The first-order chi connectivity index (χ1) is 12.1. The number of aromatic nitrogens is 3. The van der Waals surface area contributed by atoms with Gasteiger partial charge in [-0.05, 0) is 30.2 Å². The van der Waals surface area contributed by atoms with Crippen LogP contribution in [0.1, 0.15) is 41.6 Å². The lowest BCUT2D eigenvalue weighted by atomic mass is 10.1. The number of hydrogen-bond acceptors (Lipinski definition) is 5. The molecule has 3 rings (SSSR count). The van der Waals surface area contributed by atoms with Gasteiger partial charge in [0.15, 0.2) is 5.76 Å². The van der Waals surface area contributed by atoms with E-state index in [4.69, 9.17) is 9.26 Å². The minimum absolute atomic E-state index is 0.234. The first-order valence-electron chi connectivity index (χ1n) is 8.00. The SMILES string of the molecule is COc1ccc(-c2[nH]ncc2C(=O)NCc2cc(C(C)C)no2)cc1. The van der Waals surface area contributed by atoms with Gasteiger partial charge in [-0.1, -0.05) is 19.0 Å². The standard InChI is InChI=1S/C18H20N4O3/c1-11(2)16-8-14(25-22-16)9-19-18(23)15-10-20-21-17(15)12-4-6-13(24-3)7-5-12/h4-8,10-11H,9H2,1-3H3,(H,19,23)(H,20,21). The van der Waals surface area contributed by atoms with Crippen molar-refractivity contribution in [2.45, 2.75) is 26.3 Å². The molecule has 3 aromatic rings. The molecule has 0 unspecified atom stereocenters. The van der Waals surface area contributed by atoms with Gasteiger partial charge in [0.05, 0.1) is 36.8 Å². The zero-order valence-corrected chi connectivity index (χ0v) is 14.4. The third-order valence-corrected chi connectivity index (χ3v) is 3.85. The number of H-pyrrole nitrogens is 1. The largest absolute Gasteiger partial charge is 0.497 e. The van der Waals surface area contributed by atoms with Crippen LogP contribution in [-0.4, -0.2) is 28.4 Å². The number of aromatic amines is 1. The van der Waals surface area contributed by atoms with Crippen LogP contribution in [0.25, 0.3) is 11.3 Å². The average Bonchev–Trinajstić information content (AvgIpc) is 3.29. The molecule has 7 nitrogen and oxygen atoms in total. The Labute approximate surface area is 145 Å². The van der Waals surface area contributed by atoms with Crippen molar-refractivity contribution in [3.8, 4) is 17.0 Å². The van der Waals surface area contributed by atoms with Gasteiger partial charge < -0.3 is 14.6 Å². The van der Waals surface area contributed by atoms with Gasteiger partial charge >= 0.3 is 0 Å². The molecule has 1 aromatic carbocycles. The Morgan fingerprint density at radius 1 is 1.32 bits per heavy atom. The summed E-state index contributed by atoms with van der Waals surface area (Å²) in [6.45, 7) is 4.34. The Morgan fingerprint density at radius 2 is 2.08 bits per heavy atom. The van der Waals surface area contributed by atoms with E-state index in [0.29, 0.717) is 17.0 Å². The number of benzene rings is 1. The van der Waals surface area contributed by atoms with E-state index in [0.717, 1.165) is 17.0 Å². The van der Waals surface area contributed by atoms with Crippen LogP contribution in [0.5, 0.6) is 5.75 Å². The quantitative estimate of drug-likeness (QED) is 0.719. The van der Waals surface area contributed by atoms with E-state index in [1.165, 1.54) is 6.20 Å². The van der Waals surface area contributed by atoms with Crippen LogP contribution in [0, 0.1) is 0 Å². The molecule has 0 fully saturated rings. The van der Waals surface area contributed by atoms with Crippen molar-refractivity contribution >= 4 is 5.91 Å². The summed E-state index contributed by atoms with van der Waals surface area (Å²) in [4.78, 5) is 12.5. The number of carbonyl (C=O) groups is 1. The van der Waals surface area contributed by atoms with Crippen molar-refractivity contribution in [3.05, 3.63) is 53.5 Å². The van der Waals surface area contributed by atoms with Gasteiger partial charge in [-0.15, -0.1) is 0 Å². The number of amides is 1. The molecule has 130 valence electrons. The maximum Gasteiger partial charge on any atom is 0.255 e. The summed E-state index contributed by atoms with van der Waals surface area (Å²) < 4.78 is 10.4. The predicted octanol–water partition coefficient (Wildman–Crippen LogP) is 3.13. The smallest absolute Gasteiger partial charge is 0.255 e. The van der Waals surface area contributed by atoms with Gasteiger partial charge in [0.25, 0.3) is 5.91 Å². The van der Waals surface area contributed by atoms with Crippen LogP contribution >= 0.6 is 0 Å². The molecule has 0 aliphatic heterocycles. The third-order valence-electron chi connectivity index (χ3n) is 3.85. The molecule has 0 radical (unpaired) electrons. The molecule has 0 saturated heterocycles. The highest BCUT2D eigenvalue weighted by Crippen LogP contribution is 2.23. The highest BCUT2D eigenvalue weighted by atomic mass is 16.5. The first-order valence-corrected chi connectivity index (χ1v) is 8.00. The summed E-state index contributed by atoms with van der Waals surface area (Å²) in [6.07, 6.45) is 1.51. The van der Waals surface area contributed by atoms with E-state index in [1.54, 1.807) is 7.11 Å². The number of nitrogens with zero attached hydrogens (tertiary/aromatic N) is 2. The zero-order valence-electron chi connectivity index (χ0n) is 14.4. The zero-order chi connectivity index (χ0) is 17.8. The summed E-state index contributed by atoms with van der Waals surface area (Å²) in [7, 11) is 1.61.